The number of halogens is 3. The number of thioether (sulfide) groups is 1. The normalized spacial score (nSPS) is 12.0. The smallest absolute Gasteiger partial charge is 0.326 e. The fourth-order valence-electron chi connectivity index (χ4n) is 2.70. The summed E-state index contributed by atoms with van der Waals surface area (Å²) in [5.74, 6) is -1.37. The maximum atomic E-state index is 14.5. The SMILES string of the molecule is CO[C@@H](CO)CSc1c(-c2ccc(F)cc2F)c(Cl)cc2c(=O)[nH]c(=O)[nH]c12.S. The lowest BCUT2D eigenvalue weighted by Gasteiger charge is -2.17. The molecule has 0 aliphatic carbocycles. The summed E-state index contributed by atoms with van der Waals surface area (Å²) in [4.78, 5) is 29.0. The lowest BCUT2D eigenvalue weighted by Crippen LogP contribution is -2.23. The number of benzene rings is 2. The Kier molecular flexibility index (Phi) is 7.89. The van der Waals surface area contributed by atoms with Crippen LogP contribution in [-0.4, -0.2) is 40.6 Å². The summed E-state index contributed by atoms with van der Waals surface area (Å²) in [6, 6.07) is 4.34. The standard InChI is InChI=1S/C18H15ClF2N2O4S.H2S/c1-27-9(6-24)7-28-16-14(10-3-2-8(20)4-13(10)21)12(19)5-11-15(16)22-18(26)23-17(11)25;/h2-5,9,24H,6-7H2,1H3,(H2,22,23,25,26);1H2/t9-;/m0./s1. The predicted octanol–water partition coefficient (Wildman–Crippen LogP) is 3.03. The van der Waals surface area contributed by atoms with E-state index in [0.29, 0.717) is 4.90 Å². The zero-order valence-electron chi connectivity index (χ0n) is 15.0. The molecule has 6 nitrogen and oxygen atoms in total. The lowest BCUT2D eigenvalue weighted by atomic mass is 10.0. The average molecular weight is 463 g/mol. The van der Waals surface area contributed by atoms with Crippen LogP contribution in [0.4, 0.5) is 8.78 Å². The van der Waals surface area contributed by atoms with Gasteiger partial charge >= 0.3 is 5.69 Å². The molecule has 0 fully saturated rings. The van der Waals surface area contributed by atoms with Crippen LogP contribution in [0.25, 0.3) is 22.0 Å². The van der Waals surface area contributed by atoms with Crippen molar-refractivity contribution in [3.8, 4) is 11.1 Å². The molecule has 156 valence electrons. The summed E-state index contributed by atoms with van der Waals surface area (Å²) in [6.07, 6.45) is -0.543. The highest BCUT2D eigenvalue weighted by atomic mass is 35.5. The van der Waals surface area contributed by atoms with Crippen molar-refractivity contribution in [2.24, 2.45) is 0 Å². The summed E-state index contributed by atoms with van der Waals surface area (Å²) in [6.45, 7) is -0.265. The molecule has 0 spiro atoms. The molecule has 3 N–H and O–H groups in total. The van der Waals surface area contributed by atoms with E-state index in [0.717, 1.165) is 23.9 Å². The molecule has 0 radical (unpaired) electrons. The molecular formula is C18H17ClF2N2O4S2. The van der Waals surface area contributed by atoms with Gasteiger partial charge in [-0.2, -0.15) is 13.5 Å². The second kappa shape index (κ2) is 9.77. The van der Waals surface area contributed by atoms with E-state index in [2.05, 4.69) is 9.97 Å². The highest BCUT2D eigenvalue weighted by Crippen LogP contribution is 2.42. The van der Waals surface area contributed by atoms with E-state index in [-0.39, 0.29) is 52.9 Å². The monoisotopic (exact) mass is 462 g/mol. The fraction of sp³-hybridized carbons (Fsp3) is 0.222. The third kappa shape index (κ3) is 4.84. The number of rotatable bonds is 6. The number of hydrogen-bond donors (Lipinski definition) is 3. The van der Waals surface area contributed by atoms with Crippen molar-refractivity contribution in [3.63, 3.8) is 0 Å². The first-order chi connectivity index (χ1) is 13.3. The maximum absolute atomic E-state index is 14.5. The fourth-order valence-corrected chi connectivity index (χ4v) is 4.33. The van der Waals surface area contributed by atoms with Gasteiger partial charge in [0.25, 0.3) is 5.56 Å². The van der Waals surface area contributed by atoms with E-state index in [1.807, 2.05) is 0 Å². The van der Waals surface area contributed by atoms with Crippen molar-refractivity contribution < 1.29 is 18.6 Å². The van der Waals surface area contributed by atoms with Crippen molar-refractivity contribution in [1.82, 2.24) is 9.97 Å². The minimum absolute atomic E-state index is 0. The number of ether oxygens (including phenoxy) is 1. The van der Waals surface area contributed by atoms with Crippen LogP contribution in [0.1, 0.15) is 0 Å². The third-order valence-corrected chi connectivity index (χ3v) is 5.63. The summed E-state index contributed by atoms with van der Waals surface area (Å²) >= 11 is 7.47. The van der Waals surface area contributed by atoms with Crippen LogP contribution in [0.15, 0.2) is 38.8 Å². The van der Waals surface area contributed by atoms with E-state index in [9.17, 15) is 23.5 Å². The molecule has 29 heavy (non-hydrogen) atoms. The van der Waals surface area contributed by atoms with E-state index in [1.165, 1.54) is 19.2 Å². The first-order valence-corrected chi connectivity index (χ1v) is 9.42. The molecule has 1 heterocycles. The lowest BCUT2D eigenvalue weighted by molar-refractivity contribution is 0.0656. The van der Waals surface area contributed by atoms with Gasteiger partial charge in [-0.1, -0.05) is 11.6 Å². The Morgan fingerprint density at radius 2 is 1.97 bits per heavy atom. The molecule has 1 atom stereocenters. The zero-order valence-corrected chi connectivity index (χ0v) is 17.6. The molecule has 1 aromatic heterocycles. The Morgan fingerprint density at radius 3 is 2.59 bits per heavy atom. The molecule has 11 heteroatoms. The number of nitrogens with one attached hydrogen (secondary N) is 2. The molecule has 2 aromatic carbocycles. The minimum Gasteiger partial charge on any atom is -0.394 e. The number of aromatic nitrogens is 2. The van der Waals surface area contributed by atoms with Crippen LogP contribution in [0.2, 0.25) is 5.02 Å². The summed E-state index contributed by atoms with van der Waals surface area (Å²) in [5.41, 5.74) is -1.02. The molecule has 0 amide bonds. The second-order valence-corrected chi connectivity index (χ2v) is 7.31. The quantitative estimate of drug-likeness (QED) is 0.489. The van der Waals surface area contributed by atoms with Crippen LogP contribution in [0.3, 0.4) is 0 Å². The van der Waals surface area contributed by atoms with Gasteiger partial charge in [0.1, 0.15) is 11.6 Å². The topological polar surface area (TPSA) is 95.2 Å². The minimum atomic E-state index is -0.847. The molecule has 3 rings (SSSR count). The molecule has 0 saturated heterocycles. The Hall–Kier alpha value is -1.85. The van der Waals surface area contributed by atoms with Crippen molar-refractivity contribution in [2.45, 2.75) is 11.0 Å². The highest BCUT2D eigenvalue weighted by molar-refractivity contribution is 7.99. The molecular weight excluding hydrogens is 446 g/mol. The highest BCUT2D eigenvalue weighted by Gasteiger charge is 2.21. The van der Waals surface area contributed by atoms with Gasteiger partial charge < -0.3 is 14.8 Å². The van der Waals surface area contributed by atoms with Gasteiger partial charge in [-0.3, -0.25) is 9.78 Å². The van der Waals surface area contributed by atoms with Gasteiger partial charge in [0.15, 0.2) is 0 Å². The van der Waals surface area contributed by atoms with Gasteiger partial charge in [-0.05, 0) is 18.2 Å². The third-order valence-electron chi connectivity index (χ3n) is 4.09. The van der Waals surface area contributed by atoms with E-state index >= 15 is 0 Å². The number of H-pyrrole nitrogens is 2. The van der Waals surface area contributed by atoms with Crippen LogP contribution in [0.5, 0.6) is 0 Å². The number of hydrogen-bond acceptors (Lipinski definition) is 5. The maximum Gasteiger partial charge on any atom is 0.326 e. The zero-order chi connectivity index (χ0) is 20.4. The van der Waals surface area contributed by atoms with Crippen molar-refractivity contribution in [2.75, 3.05) is 19.5 Å². The summed E-state index contributed by atoms with van der Waals surface area (Å²) in [7, 11) is 1.42. The summed E-state index contributed by atoms with van der Waals surface area (Å²) < 4.78 is 33.0. The first kappa shape index (κ1) is 23.4. The van der Waals surface area contributed by atoms with Crippen molar-refractivity contribution >= 4 is 47.8 Å². The molecule has 0 unspecified atom stereocenters. The molecule has 0 bridgehead atoms. The van der Waals surface area contributed by atoms with Gasteiger partial charge in [-0.25, -0.2) is 13.6 Å². The molecule has 0 aliphatic rings. The Morgan fingerprint density at radius 1 is 1.24 bits per heavy atom. The number of fused-ring (bicyclic) bond motifs is 1. The number of aliphatic hydroxyl groups excluding tert-OH is 1. The largest absolute Gasteiger partial charge is 0.394 e. The van der Waals surface area contributed by atoms with Crippen molar-refractivity contribution in [1.29, 1.82) is 0 Å². The summed E-state index contributed by atoms with van der Waals surface area (Å²) in [5, 5.41) is 9.50. The van der Waals surface area contributed by atoms with Gasteiger partial charge in [0.05, 0.1) is 28.6 Å². The molecule has 0 aliphatic heterocycles. The van der Waals surface area contributed by atoms with Crippen LogP contribution in [0, 0.1) is 11.6 Å². The van der Waals surface area contributed by atoms with Crippen LogP contribution >= 0.6 is 36.9 Å². The van der Waals surface area contributed by atoms with Crippen LogP contribution < -0.4 is 11.2 Å². The Bertz CT molecular complexity index is 1150. The number of methoxy groups -OCH3 is 1. The second-order valence-electron chi connectivity index (χ2n) is 5.87. The predicted molar refractivity (Wildman–Crippen MR) is 115 cm³/mol. The van der Waals surface area contributed by atoms with Gasteiger partial charge in [0, 0.05) is 35.0 Å². The average Bonchev–Trinajstić information content (AvgIpc) is 2.64. The Balaban J connectivity index is 0.00000300. The van der Waals surface area contributed by atoms with Crippen LogP contribution in [-0.2, 0) is 4.74 Å². The van der Waals surface area contributed by atoms with E-state index in [4.69, 9.17) is 16.3 Å². The molecule has 0 saturated carbocycles. The number of aromatic amines is 2. The number of aliphatic hydroxyl groups is 1. The van der Waals surface area contributed by atoms with E-state index in [1.54, 1.807) is 0 Å². The van der Waals surface area contributed by atoms with Gasteiger partial charge in [-0.15, -0.1) is 11.8 Å². The van der Waals surface area contributed by atoms with Gasteiger partial charge in [0.2, 0.25) is 0 Å². The Labute approximate surface area is 179 Å². The first-order valence-electron chi connectivity index (χ1n) is 8.06. The van der Waals surface area contributed by atoms with Crippen molar-refractivity contribution in [3.05, 3.63) is 61.8 Å². The molecule has 3 aromatic rings. The van der Waals surface area contributed by atoms with E-state index < -0.39 is 29.0 Å².